The second-order valence-electron chi connectivity index (χ2n) is 27.1. The number of unbranched alkanes of at least 4 members (excludes halogenated alkanes) is 33. The molecule has 3 aliphatic heterocycles. The van der Waals surface area contributed by atoms with Gasteiger partial charge in [0.1, 0.15) is 73.2 Å². The molecule has 95 heavy (non-hydrogen) atoms. The first-order valence-corrected chi connectivity index (χ1v) is 38.0. The maximum atomic E-state index is 13.4. The number of hydrogen-bond donors (Lipinski definition) is 12. The van der Waals surface area contributed by atoms with Crippen molar-refractivity contribution in [2.24, 2.45) is 0 Å². The molecule has 0 radical (unpaired) electrons. The van der Waals surface area contributed by atoms with Crippen LogP contribution in [0.25, 0.3) is 0 Å². The molecule has 3 fully saturated rings. The van der Waals surface area contributed by atoms with Crippen LogP contribution in [0.2, 0.25) is 0 Å². The highest BCUT2D eigenvalue weighted by molar-refractivity contribution is 5.76. The summed E-state index contributed by atoms with van der Waals surface area (Å²) in [5, 5.41) is 121. The zero-order chi connectivity index (χ0) is 68.9. The Morgan fingerprint density at radius 2 is 0.726 bits per heavy atom. The molecule has 1 amide bonds. The summed E-state index contributed by atoms with van der Waals surface area (Å²) in [5.74, 6) is -0.241. The van der Waals surface area contributed by atoms with Gasteiger partial charge in [0.2, 0.25) is 5.91 Å². The first-order chi connectivity index (χ1) is 46.3. The number of nitrogens with one attached hydrogen (secondary N) is 1. The fourth-order valence-electron chi connectivity index (χ4n) is 12.8. The lowest BCUT2D eigenvalue weighted by molar-refractivity contribution is -0.379. The van der Waals surface area contributed by atoms with Crippen molar-refractivity contribution in [1.82, 2.24) is 5.32 Å². The summed E-state index contributed by atoms with van der Waals surface area (Å²) < 4.78 is 34.4. The highest BCUT2D eigenvalue weighted by Gasteiger charge is 2.53. The molecule has 0 aromatic heterocycles. The van der Waals surface area contributed by atoms with Gasteiger partial charge in [0.15, 0.2) is 18.9 Å². The minimum absolute atomic E-state index is 0.241. The number of carbonyl (C=O) groups is 1. The van der Waals surface area contributed by atoms with Gasteiger partial charge >= 0.3 is 0 Å². The number of carbonyl (C=O) groups excluding carboxylic acids is 1. The number of allylic oxidation sites excluding steroid dienone is 10. The van der Waals surface area contributed by atoms with E-state index >= 15 is 0 Å². The molecule has 3 saturated heterocycles. The molecular weight excluding hydrogens is 1210 g/mol. The second kappa shape index (κ2) is 57.2. The van der Waals surface area contributed by atoms with E-state index in [1.807, 2.05) is 0 Å². The van der Waals surface area contributed by atoms with Crippen LogP contribution in [0.4, 0.5) is 0 Å². The van der Waals surface area contributed by atoms with Crippen LogP contribution < -0.4 is 5.32 Å². The SMILES string of the molecule is CC/C=C\C/C=C\C/C=C\C/C=C\C/C=C\CCCCCCCCCCCCCCCCCCCCCCCCCC(=O)NC(COC1OC(CO)C(OC2OC(CO)C(OC3OC(CO)C(O)C(O)C3O)C(O)C2O)C(O)C1O)C(O)CCCCCCCCCCCCC. The Bertz CT molecular complexity index is 1950. The fourth-order valence-corrected chi connectivity index (χ4v) is 12.8. The maximum absolute atomic E-state index is 13.4. The van der Waals surface area contributed by atoms with Gasteiger partial charge in [-0.25, -0.2) is 0 Å². The van der Waals surface area contributed by atoms with Gasteiger partial charge in [-0.05, 0) is 57.8 Å². The van der Waals surface area contributed by atoms with E-state index in [0.717, 1.165) is 77.0 Å². The summed E-state index contributed by atoms with van der Waals surface area (Å²) in [7, 11) is 0. The number of rotatable bonds is 59. The van der Waals surface area contributed by atoms with E-state index in [1.54, 1.807) is 0 Å². The standard InChI is InChI=1S/C76H137NO18/c1-3-5-7-9-11-13-15-16-17-18-19-20-21-22-23-24-25-26-27-28-29-30-31-32-33-34-35-36-37-38-39-40-41-42-44-46-48-50-52-54-64(82)77-59(60(81)53-51-49-47-45-43-14-12-10-8-6-4-2)58-90-74-70(88)67(85)72(62(56-79)92-74)95-76-71(89)68(86)73(63(57-80)93-76)94-75-69(87)66(84)65(83)61(55-78)91-75/h5,7,11,13,16-17,19-20,22-23,59-63,65-76,78-81,83-89H,3-4,6,8-10,12,14-15,18,21,24-58H2,1-2H3,(H,77,82)/b7-5-,13-11-,17-16-,20-19-,23-22-. The number of amides is 1. The molecule has 17 unspecified atom stereocenters. The molecule has 19 nitrogen and oxygen atoms in total. The van der Waals surface area contributed by atoms with E-state index in [1.165, 1.54) is 173 Å². The molecule has 0 aromatic carbocycles. The smallest absolute Gasteiger partial charge is 0.220 e. The van der Waals surface area contributed by atoms with Crippen LogP contribution in [0.3, 0.4) is 0 Å². The lowest BCUT2D eigenvalue weighted by atomic mass is 9.96. The van der Waals surface area contributed by atoms with Gasteiger partial charge in [0, 0.05) is 6.42 Å². The maximum Gasteiger partial charge on any atom is 0.220 e. The van der Waals surface area contributed by atoms with E-state index < -0.39 is 124 Å². The van der Waals surface area contributed by atoms with Gasteiger partial charge in [-0.2, -0.15) is 0 Å². The van der Waals surface area contributed by atoms with Crippen LogP contribution in [-0.4, -0.2) is 193 Å². The van der Waals surface area contributed by atoms with Gasteiger partial charge in [-0.1, -0.05) is 280 Å². The minimum Gasteiger partial charge on any atom is -0.394 e. The molecule has 0 aliphatic carbocycles. The van der Waals surface area contributed by atoms with Gasteiger partial charge in [-0.15, -0.1) is 0 Å². The van der Waals surface area contributed by atoms with Crippen molar-refractivity contribution in [2.75, 3.05) is 26.4 Å². The van der Waals surface area contributed by atoms with Crippen LogP contribution in [0.15, 0.2) is 60.8 Å². The van der Waals surface area contributed by atoms with Crippen molar-refractivity contribution >= 4 is 5.91 Å². The molecule has 3 rings (SSSR count). The molecule has 554 valence electrons. The average Bonchev–Trinajstić information content (AvgIpc) is 0.787. The number of ether oxygens (including phenoxy) is 6. The molecule has 0 bridgehead atoms. The Morgan fingerprint density at radius 3 is 1.14 bits per heavy atom. The summed E-state index contributed by atoms with van der Waals surface area (Å²) in [5.41, 5.74) is 0. The lowest BCUT2D eigenvalue weighted by Gasteiger charge is -2.48. The predicted molar refractivity (Wildman–Crippen MR) is 374 cm³/mol. The highest BCUT2D eigenvalue weighted by atomic mass is 16.8. The van der Waals surface area contributed by atoms with Crippen molar-refractivity contribution in [3.8, 4) is 0 Å². The third-order valence-corrected chi connectivity index (χ3v) is 18.9. The Hall–Kier alpha value is -2.51. The predicted octanol–water partition coefficient (Wildman–Crippen LogP) is 11.5. The average molecular weight is 1350 g/mol. The largest absolute Gasteiger partial charge is 0.394 e. The molecule has 17 atom stereocenters. The van der Waals surface area contributed by atoms with E-state index in [0.29, 0.717) is 12.8 Å². The summed E-state index contributed by atoms with van der Waals surface area (Å²) in [4.78, 5) is 13.4. The Morgan fingerprint density at radius 1 is 0.389 bits per heavy atom. The first kappa shape index (κ1) is 86.7. The molecule has 0 spiro atoms. The van der Waals surface area contributed by atoms with Crippen molar-refractivity contribution in [1.29, 1.82) is 0 Å². The first-order valence-electron chi connectivity index (χ1n) is 38.0. The van der Waals surface area contributed by atoms with Crippen LogP contribution in [0, 0.1) is 0 Å². The monoisotopic (exact) mass is 1350 g/mol. The van der Waals surface area contributed by atoms with E-state index in [9.17, 15) is 61.0 Å². The lowest BCUT2D eigenvalue weighted by Crippen LogP contribution is -2.66. The van der Waals surface area contributed by atoms with Crippen molar-refractivity contribution in [3.63, 3.8) is 0 Å². The number of hydrogen-bond acceptors (Lipinski definition) is 18. The number of aliphatic hydroxyl groups excluding tert-OH is 11. The molecule has 12 N–H and O–H groups in total. The van der Waals surface area contributed by atoms with E-state index in [2.05, 4.69) is 79.9 Å². The van der Waals surface area contributed by atoms with E-state index in [-0.39, 0.29) is 18.9 Å². The summed E-state index contributed by atoms with van der Waals surface area (Å²) in [6.07, 6.45) is 44.9. The van der Waals surface area contributed by atoms with E-state index in [4.69, 9.17) is 28.4 Å². The van der Waals surface area contributed by atoms with Crippen LogP contribution in [0.5, 0.6) is 0 Å². The molecule has 3 heterocycles. The van der Waals surface area contributed by atoms with Gasteiger partial charge < -0.3 is 89.9 Å². The topological polar surface area (TPSA) is 307 Å². The molecular formula is C76H137NO18. The third-order valence-electron chi connectivity index (χ3n) is 18.9. The Kier molecular flexibility index (Phi) is 52.2. The minimum atomic E-state index is -1.97. The molecule has 0 saturated carbocycles. The van der Waals surface area contributed by atoms with Crippen molar-refractivity contribution in [3.05, 3.63) is 60.8 Å². The zero-order valence-electron chi connectivity index (χ0n) is 58.9. The number of aliphatic hydroxyl groups is 11. The summed E-state index contributed by atoms with van der Waals surface area (Å²) in [6.45, 7) is 1.68. The van der Waals surface area contributed by atoms with Gasteiger partial charge in [-0.3, -0.25) is 4.79 Å². The Labute approximate surface area is 573 Å². The van der Waals surface area contributed by atoms with Crippen LogP contribution in [-0.2, 0) is 33.2 Å². The summed E-state index contributed by atoms with van der Waals surface area (Å²) >= 11 is 0. The molecule has 0 aromatic rings. The normalized spacial score (nSPS) is 27.5. The van der Waals surface area contributed by atoms with Gasteiger partial charge in [0.25, 0.3) is 0 Å². The summed E-state index contributed by atoms with van der Waals surface area (Å²) in [6, 6.07) is -0.885. The zero-order valence-corrected chi connectivity index (χ0v) is 58.9. The fraction of sp³-hybridized carbons (Fsp3) is 0.855. The van der Waals surface area contributed by atoms with Crippen molar-refractivity contribution < 1.29 is 89.4 Å². The quantitative estimate of drug-likeness (QED) is 0.0199. The van der Waals surface area contributed by atoms with Crippen LogP contribution >= 0.6 is 0 Å². The van der Waals surface area contributed by atoms with Gasteiger partial charge in [0.05, 0.1) is 38.6 Å². The van der Waals surface area contributed by atoms with Crippen LogP contribution in [0.1, 0.15) is 284 Å². The third kappa shape index (κ3) is 38.2. The molecule has 19 heteroatoms. The van der Waals surface area contributed by atoms with Crippen molar-refractivity contribution in [2.45, 2.75) is 388 Å². The second-order valence-corrected chi connectivity index (χ2v) is 27.1. The molecule has 3 aliphatic rings. The Balaban J connectivity index is 1.27. The highest BCUT2D eigenvalue weighted by Crippen LogP contribution is 2.33.